The molecule has 0 atom stereocenters. The number of nitrogens with one attached hydrogen (secondary N) is 1. The normalized spacial score (nSPS) is 11.1. The summed E-state index contributed by atoms with van der Waals surface area (Å²) in [7, 11) is 1.63. The SMILES string of the molecule is CCN(CC)CCCNCc1cc(OC)c(OCc2ccccc2Cl)cc1Cl. The highest BCUT2D eigenvalue weighted by Crippen LogP contribution is 2.34. The molecule has 0 radical (unpaired) electrons. The molecule has 2 aromatic carbocycles. The number of ether oxygens (including phenoxy) is 2. The van der Waals surface area contributed by atoms with Gasteiger partial charge in [0.2, 0.25) is 0 Å². The molecule has 2 rings (SSSR count). The predicted octanol–water partition coefficient (Wildman–Crippen LogP) is 5.40. The maximum Gasteiger partial charge on any atom is 0.163 e. The maximum atomic E-state index is 6.47. The third-order valence-corrected chi connectivity index (χ3v) is 5.43. The maximum absolute atomic E-state index is 6.47. The van der Waals surface area contributed by atoms with Gasteiger partial charge in [-0.3, -0.25) is 0 Å². The zero-order valence-electron chi connectivity index (χ0n) is 16.9. The van der Waals surface area contributed by atoms with Crippen molar-refractivity contribution in [3.8, 4) is 11.5 Å². The second-order valence-electron chi connectivity index (χ2n) is 6.53. The molecule has 0 fully saturated rings. The summed E-state index contributed by atoms with van der Waals surface area (Å²) in [6, 6.07) is 11.4. The van der Waals surface area contributed by atoms with Gasteiger partial charge in [-0.05, 0) is 50.3 Å². The zero-order chi connectivity index (χ0) is 20.4. The summed E-state index contributed by atoms with van der Waals surface area (Å²) in [4.78, 5) is 2.42. The van der Waals surface area contributed by atoms with Crippen molar-refractivity contribution in [2.75, 3.05) is 33.3 Å². The quantitative estimate of drug-likeness (QED) is 0.462. The van der Waals surface area contributed by atoms with E-state index in [4.69, 9.17) is 32.7 Å². The lowest BCUT2D eigenvalue weighted by atomic mass is 10.2. The summed E-state index contributed by atoms with van der Waals surface area (Å²) in [6.45, 7) is 9.67. The van der Waals surface area contributed by atoms with Crippen LogP contribution in [-0.4, -0.2) is 38.2 Å². The number of hydrogen-bond acceptors (Lipinski definition) is 4. The van der Waals surface area contributed by atoms with Crippen LogP contribution in [0.25, 0.3) is 0 Å². The highest BCUT2D eigenvalue weighted by atomic mass is 35.5. The molecular formula is C22H30Cl2N2O2. The fourth-order valence-corrected chi connectivity index (χ4v) is 3.36. The second kappa shape index (κ2) is 12.2. The van der Waals surface area contributed by atoms with Gasteiger partial charge in [0, 0.05) is 28.2 Å². The van der Waals surface area contributed by atoms with Crippen LogP contribution in [0.1, 0.15) is 31.4 Å². The summed E-state index contributed by atoms with van der Waals surface area (Å²) in [5.41, 5.74) is 1.91. The lowest BCUT2D eigenvalue weighted by Gasteiger charge is -2.18. The molecule has 6 heteroatoms. The number of hydrogen-bond donors (Lipinski definition) is 1. The first-order chi connectivity index (χ1) is 13.6. The van der Waals surface area contributed by atoms with Crippen LogP contribution in [0.3, 0.4) is 0 Å². The molecule has 0 aliphatic carbocycles. The molecule has 0 unspecified atom stereocenters. The summed E-state index contributed by atoms with van der Waals surface area (Å²) >= 11 is 12.7. The minimum Gasteiger partial charge on any atom is -0.493 e. The molecule has 0 bridgehead atoms. The molecule has 0 spiro atoms. The first kappa shape index (κ1) is 22.8. The number of nitrogens with zero attached hydrogens (tertiary/aromatic N) is 1. The van der Waals surface area contributed by atoms with Crippen molar-refractivity contribution in [2.45, 2.75) is 33.4 Å². The Morgan fingerprint density at radius 2 is 1.71 bits per heavy atom. The Morgan fingerprint density at radius 3 is 2.39 bits per heavy atom. The van der Waals surface area contributed by atoms with Gasteiger partial charge >= 0.3 is 0 Å². The van der Waals surface area contributed by atoms with Crippen molar-refractivity contribution in [2.24, 2.45) is 0 Å². The summed E-state index contributed by atoms with van der Waals surface area (Å²) < 4.78 is 11.4. The van der Waals surface area contributed by atoms with Crippen LogP contribution in [0.4, 0.5) is 0 Å². The largest absolute Gasteiger partial charge is 0.493 e. The van der Waals surface area contributed by atoms with Crippen molar-refractivity contribution in [1.29, 1.82) is 0 Å². The van der Waals surface area contributed by atoms with E-state index in [-0.39, 0.29) is 0 Å². The number of methoxy groups -OCH3 is 1. The molecule has 2 aromatic rings. The molecule has 0 aliphatic rings. The lowest BCUT2D eigenvalue weighted by Crippen LogP contribution is -2.27. The van der Waals surface area contributed by atoms with Crippen LogP contribution in [0, 0.1) is 0 Å². The molecule has 4 nitrogen and oxygen atoms in total. The van der Waals surface area contributed by atoms with Gasteiger partial charge in [-0.1, -0.05) is 55.2 Å². The predicted molar refractivity (Wildman–Crippen MR) is 118 cm³/mol. The van der Waals surface area contributed by atoms with E-state index in [0.717, 1.165) is 43.7 Å². The van der Waals surface area contributed by atoms with Crippen molar-refractivity contribution < 1.29 is 9.47 Å². The Hall–Kier alpha value is -1.46. The Bertz CT molecular complexity index is 736. The fourth-order valence-electron chi connectivity index (χ4n) is 2.95. The van der Waals surface area contributed by atoms with Crippen molar-refractivity contribution in [1.82, 2.24) is 10.2 Å². The Kier molecular flexibility index (Phi) is 9.93. The molecule has 0 saturated carbocycles. The van der Waals surface area contributed by atoms with E-state index < -0.39 is 0 Å². The average Bonchev–Trinajstić information content (AvgIpc) is 2.71. The van der Waals surface area contributed by atoms with Gasteiger partial charge in [0.1, 0.15) is 6.61 Å². The molecule has 0 heterocycles. The average molecular weight is 425 g/mol. The van der Waals surface area contributed by atoms with Gasteiger partial charge < -0.3 is 19.7 Å². The van der Waals surface area contributed by atoms with Crippen LogP contribution in [0.2, 0.25) is 10.0 Å². The zero-order valence-corrected chi connectivity index (χ0v) is 18.4. The number of benzene rings is 2. The molecule has 28 heavy (non-hydrogen) atoms. The lowest BCUT2D eigenvalue weighted by molar-refractivity contribution is 0.284. The van der Waals surface area contributed by atoms with Gasteiger partial charge in [-0.2, -0.15) is 0 Å². The van der Waals surface area contributed by atoms with E-state index in [1.165, 1.54) is 0 Å². The summed E-state index contributed by atoms with van der Waals surface area (Å²) in [5.74, 6) is 1.27. The van der Waals surface area contributed by atoms with Crippen molar-refractivity contribution in [3.05, 3.63) is 57.6 Å². The topological polar surface area (TPSA) is 33.7 Å². The highest BCUT2D eigenvalue weighted by Gasteiger charge is 2.11. The summed E-state index contributed by atoms with van der Waals surface area (Å²) in [6.07, 6.45) is 1.11. The van der Waals surface area contributed by atoms with Gasteiger partial charge in [0.05, 0.1) is 7.11 Å². The van der Waals surface area contributed by atoms with Crippen molar-refractivity contribution in [3.63, 3.8) is 0 Å². The van der Waals surface area contributed by atoms with Gasteiger partial charge in [-0.25, -0.2) is 0 Å². The molecule has 0 amide bonds. The van der Waals surface area contributed by atoms with Crippen LogP contribution in [-0.2, 0) is 13.2 Å². The molecule has 0 saturated heterocycles. The number of rotatable bonds is 12. The monoisotopic (exact) mass is 424 g/mol. The van der Waals surface area contributed by atoms with Gasteiger partial charge in [0.25, 0.3) is 0 Å². The Labute approximate surface area is 178 Å². The third-order valence-electron chi connectivity index (χ3n) is 4.71. The summed E-state index contributed by atoms with van der Waals surface area (Å²) in [5, 5.41) is 4.79. The van der Waals surface area contributed by atoms with Gasteiger partial charge in [-0.15, -0.1) is 0 Å². The standard InChI is InChI=1S/C22H30Cl2N2O2/c1-4-26(5-2)12-8-11-25-15-18-13-21(27-3)22(14-20(18)24)28-16-17-9-6-7-10-19(17)23/h6-7,9-10,13-14,25H,4-5,8,11-12,15-16H2,1-3H3. The first-order valence-corrected chi connectivity index (χ1v) is 10.5. The fraction of sp³-hybridized carbons (Fsp3) is 0.455. The Morgan fingerprint density at radius 1 is 0.964 bits per heavy atom. The van der Waals surface area contributed by atoms with Crippen LogP contribution < -0.4 is 14.8 Å². The van der Waals surface area contributed by atoms with Crippen LogP contribution >= 0.6 is 23.2 Å². The number of halogens is 2. The van der Waals surface area contributed by atoms with Gasteiger partial charge in [0.15, 0.2) is 11.5 Å². The van der Waals surface area contributed by atoms with E-state index in [1.54, 1.807) is 7.11 Å². The van der Waals surface area contributed by atoms with E-state index >= 15 is 0 Å². The highest BCUT2D eigenvalue weighted by molar-refractivity contribution is 6.31. The van der Waals surface area contributed by atoms with Crippen molar-refractivity contribution >= 4 is 23.2 Å². The van der Waals surface area contributed by atoms with E-state index in [0.29, 0.717) is 34.7 Å². The molecule has 154 valence electrons. The van der Waals surface area contributed by atoms with Crippen LogP contribution in [0.5, 0.6) is 11.5 Å². The second-order valence-corrected chi connectivity index (χ2v) is 7.35. The smallest absolute Gasteiger partial charge is 0.163 e. The first-order valence-electron chi connectivity index (χ1n) is 9.74. The minimum atomic E-state index is 0.356. The van der Waals surface area contributed by atoms with Crippen LogP contribution in [0.15, 0.2) is 36.4 Å². The Balaban J connectivity index is 1.92. The molecule has 1 N–H and O–H groups in total. The van der Waals surface area contributed by atoms with E-state index in [1.807, 2.05) is 36.4 Å². The van der Waals surface area contributed by atoms with E-state index in [2.05, 4.69) is 24.1 Å². The van der Waals surface area contributed by atoms with E-state index in [9.17, 15) is 0 Å². The third kappa shape index (κ3) is 6.85. The minimum absolute atomic E-state index is 0.356. The molecule has 0 aromatic heterocycles. The molecule has 0 aliphatic heterocycles. The molecular weight excluding hydrogens is 395 g/mol.